The first kappa shape index (κ1) is 8.20. The van der Waals surface area contributed by atoms with Crippen LogP contribution in [0.25, 0.3) is 0 Å². The van der Waals surface area contributed by atoms with Gasteiger partial charge in [-0.25, -0.2) is 0 Å². The molecule has 1 atom stereocenters. The van der Waals surface area contributed by atoms with E-state index in [0.717, 1.165) is 25.9 Å². The number of hydrogen-bond donors (Lipinski definition) is 1. The summed E-state index contributed by atoms with van der Waals surface area (Å²) < 4.78 is 0. The van der Waals surface area contributed by atoms with Crippen molar-refractivity contribution in [1.82, 2.24) is 4.90 Å². The van der Waals surface area contributed by atoms with Crippen LogP contribution in [0.5, 0.6) is 0 Å². The zero-order valence-corrected chi connectivity index (χ0v) is 7.42. The van der Waals surface area contributed by atoms with Crippen molar-refractivity contribution in [2.24, 2.45) is 5.92 Å². The van der Waals surface area contributed by atoms with Gasteiger partial charge in [0, 0.05) is 6.54 Å². The van der Waals surface area contributed by atoms with Gasteiger partial charge in [0.2, 0.25) is 0 Å². The highest BCUT2D eigenvalue weighted by Crippen LogP contribution is 2.35. The lowest BCUT2D eigenvalue weighted by molar-refractivity contribution is -0.157. The number of piperidine rings is 3. The lowest BCUT2D eigenvalue weighted by Crippen LogP contribution is -2.62. The van der Waals surface area contributed by atoms with Crippen LogP contribution in [0.4, 0.5) is 0 Å². The van der Waals surface area contributed by atoms with Crippen LogP contribution in [0.3, 0.4) is 0 Å². The Labute approximate surface area is 72.4 Å². The normalized spacial score (nSPS) is 46.2. The average Bonchev–Trinajstić information content (AvgIpc) is 2.05. The zero-order chi connectivity index (χ0) is 8.77. The Bertz CT molecular complexity index is 209. The van der Waals surface area contributed by atoms with Crippen molar-refractivity contribution in [1.29, 1.82) is 0 Å². The van der Waals surface area contributed by atoms with Crippen molar-refractivity contribution >= 4 is 5.78 Å². The van der Waals surface area contributed by atoms with E-state index in [1.54, 1.807) is 0 Å². The fraction of sp³-hybridized carbons (Fsp3) is 0.889. The maximum absolute atomic E-state index is 11.2. The summed E-state index contributed by atoms with van der Waals surface area (Å²) in [6.07, 6.45) is 1.96. The van der Waals surface area contributed by atoms with E-state index < -0.39 is 5.60 Å². The summed E-state index contributed by atoms with van der Waals surface area (Å²) >= 11 is 0. The van der Waals surface area contributed by atoms with E-state index in [1.807, 2.05) is 0 Å². The average molecular weight is 169 g/mol. The van der Waals surface area contributed by atoms with Gasteiger partial charge in [0.05, 0.1) is 0 Å². The third-order valence-corrected chi connectivity index (χ3v) is 3.34. The van der Waals surface area contributed by atoms with Gasteiger partial charge in [-0.05, 0) is 38.8 Å². The monoisotopic (exact) mass is 169 g/mol. The molecule has 0 amide bonds. The molecule has 68 valence electrons. The van der Waals surface area contributed by atoms with Crippen molar-refractivity contribution in [3.05, 3.63) is 0 Å². The Hall–Kier alpha value is -0.410. The predicted molar refractivity (Wildman–Crippen MR) is 44.8 cm³/mol. The molecule has 0 spiro atoms. The summed E-state index contributed by atoms with van der Waals surface area (Å²) in [6.45, 7) is 4.18. The number of nitrogens with zero attached hydrogens (tertiary/aromatic N) is 1. The van der Waals surface area contributed by atoms with Crippen molar-refractivity contribution in [3.63, 3.8) is 0 Å². The van der Waals surface area contributed by atoms with Crippen molar-refractivity contribution < 1.29 is 9.90 Å². The summed E-state index contributed by atoms with van der Waals surface area (Å²) in [7, 11) is 0. The topological polar surface area (TPSA) is 40.5 Å². The Morgan fingerprint density at radius 2 is 2.08 bits per heavy atom. The lowest BCUT2D eigenvalue weighted by Gasteiger charge is -2.49. The SMILES string of the molecule is CC(=O)[C@]1(O)CN2CCC1CC2. The second-order valence-corrected chi connectivity index (χ2v) is 4.03. The minimum atomic E-state index is -1.02. The first-order chi connectivity index (χ1) is 5.63. The highest BCUT2D eigenvalue weighted by Gasteiger charge is 2.48. The largest absolute Gasteiger partial charge is 0.380 e. The van der Waals surface area contributed by atoms with Gasteiger partial charge in [-0.3, -0.25) is 9.69 Å². The van der Waals surface area contributed by atoms with Crippen molar-refractivity contribution in [3.8, 4) is 0 Å². The molecule has 3 saturated heterocycles. The molecule has 2 bridgehead atoms. The van der Waals surface area contributed by atoms with Crippen LogP contribution in [0.15, 0.2) is 0 Å². The van der Waals surface area contributed by atoms with Crippen LogP contribution in [0, 0.1) is 5.92 Å². The van der Waals surface area contributed by atoms with E-state index in [-0.39, 0.29) is 11.7 Å². The molecule has 3 heteroatoms. The number of fused-ring (bicyclic) bond motifs is 3. The summed E-state index contributed by atoms with van der Waals surface area (Å²) in [4.78, 5) is 13.4. The van der Waals surface area contributed by atoms with Crippen LogP contribution in [-0.4, -0.2) is 41.0 Å². The minimum absolute atomic E-state index is 0.0584. The molecule has 0 aliphatic carbocycles. The molecule has 3 heterocycles. The molecular weight excluding hydrogens is 154 g/mol. The molecule has 0 aromatic rings. The first-order valence-corrected chi connectivity index (χ1v) is 4.59. The Balaban J connectivity index is 2.22. The van der Waals surface area contributed by atoms with Gasteiger partial charge in [-0.1, -0.05) is 0 Å². The second-order valence-electron chi connectivity index (χ2n) is 4.03. The fourth-order valence-corrected chi connectivity index (χ4v) is 2.44. The molecular formula is C9H15NO2. The van der Waals surface area contributed by atoms with Gasteiger partial charge in [0.1, 0.15) is 5.60 Å². The molecule has 3 rings (SSSR count). The number of carbonyl (C=O) groups is 1. The molecule has 1 N–H and O–H groups in total. The molecule has 3 fully saturated rings. The fourth-order valence-electron chi connectivity index (χ4n) is 2.44. The smallest absolute Gasteiger partial charge is 0.162 e. The Kier molecular flexibility index (Phi) is 1.73. The number of hydrogen-bond acceptors (Lipinski definition) is 3. The summed E-state index contributed by atoms with van der Waals surface area (Å²) in [5, 5.41) is 10.0. The van der Waals surface area contributed by atoms with Crippen molar-refractivity contribution in [2.45, 2.75) is 25.4 Å². The number of Topliss-reactive ketones (excluding diaryl/α,β-unsaturated/α-hetero) is 1. The Morgan fingerprint density at radius 3 is 2.33 bits per heavy atom. The predicted octanol–water partition coefficient (Wildman–Crippen LogP) is 0.0321. The number of carbonyl (C=O) groups excluding carboxylic acids is 1. The van der Waals surface area contributed by atoms with Gasteiger partial charge in [-0.2, -0.15) is 0 Å². The summed E-state index contributed by atoms with van der Waals surface area (Å²) in [5.41, 5.74) is -1.02. The van der Waals surface area contributed by atoms with Crippen molar-refractivity contribution in [2.75, 3.05) is 19.6 Å². The summed E-state index contributed by atoms with van der Waals surface area (Å²) in [5.74, 6) is 0.164. The first-order valence-electron chi connectivity index (χ1n) is 4.59. The van der Waals surface area contributed by atoms with Gasteiger partial charge in [0.25, 0.3) is 0 Å². The van der Waals surface area contributed by atoms with Gasteiger partial charge in [-0.15, -0.1) is 0 Å². The third kappa shape index (κ3) is 1.00. The standard InChI is InChI=1S/C9H15NO2/c1-7(11)9(12)6-10-4-2-8(9)3-5-10/h8,12H,2-6H2,1H3/t9-/m1/s1. The number of rotatable bonds is 1. The molecule has 3 aliphatic rings. The van der Waals surface area contributed by atoms with Gasteiger partial charge >= 0.3 is 0 Å². The molecule has 0 saturated carbocycles. The third-order valence-electron chi connectivity index (χ3n) is 3.34. The van der Waals surface area contributed by atoms with E-state index in [9.17, 15) is 9.90 Å². The Morgan fingerprint density at radius 1 is 1.50 bits per heavy atom. The minimum Gasteiger partial charge on any atom is -0.380 e. The molecule has 0 aromatic heterocycles. The zero-order valence-electron chi connectivity index (χ0n) is 7.42. The van der Waals surface area contributed by atoms with E-state index in [2.05, 4.69) is 4.90 Å². The van der Waals surface area contributed by atoms with E-state index >= 15 is 0 Å². The molecule has 3 nitrogen and oxygen atoms in total. The maximum Gasteiger partial charge on any atom is 0.162 e. The lowest BCUT2D eigenvalue weighted by atomic mass is 9.73. The molecule has 3 aliphatic heterocycles. The van der Waals surface area contributed by atoms with Crippen LogP contribution < -0.4 is 0 Å². The highest BCUT2D eigenvalue weighted by atomic mass is 16.3. The maximum atomic E-state index is 11.2. The second kappa shape index (κ2) is 2.54. The van der Waals surface area contributed by atoms with E-state index in [0.29, 0.717) is 6.54 Å². The molecule has 0 radical (unpaired) electrons. The van der Waals surface area contributed by atoms with Gasteiger partial charge < -0.3 is 5.11 Å². The van der Waals surface area contributed by atoms with E-state index in [4.69, 9.17) is 0 Å². The van der Waals surface area contributed by atoms with Crippen LogP contribution >= 0.6 is 0 Å². The van der Waals surface area contributed by atoms with Crippen LogP contribution in [0.1, 0.15) is 19.8 Å². The molecule has 12 heavy (non-hydrogen) atoms. The number of ketones is 1. The summed E-state index contributed by atoms with van der Waals surface area (Å²) in [6, 6.07) is 0. The molecule has 0 aromatic carbocycles. The van der Waals surface area contributed by atoms with Crippen LogP contribution in [-0.2, 0) is 4.79 Å². The van der Waals surface area contributed by atoms with Gasteiger partial charge in [0.15, 0.2) is 5.78 Å². The van der Waals surface area contributed by atoms with E-state index in [1.165, 1.54) is 6.92 Å². The molecule has 0 unspecified atom stereocenters. The highest BCUT2D eigenvalue weighted by molar-refractivity contribution is 5.85. The van der Waals surface area contributed by atoms with Crippen LogP contribution in [0.2, 0.25) is 0 Å². The number of aliphatic hydroxyl groups is 1. The quantitative estimate of drug-likeness (QED) is 0.602.